The molecule has 9 heavy (non-hydrogen) atoms. The third-order valence-electron chi connectivity index (χ3n) is 1.08. The summed E-state index contributed by atoms with van der Waals surface area (Å²) < 4.78 is 5.98. The SMILES string of the molecule is c1cc[n+]2nonc2c1. The molecule has 0 bridgehead atoms. The Bertz CT molecular complexity index is 286. The van der Waals surface area contributed by atoms with E-state index in [-0.39, 0.29) is 0 Å². The molecule has 2 rings (SSSR count). The smallest absolute Gasteiger partial charge is 0.0971 e. The first-order chi connectivity index (χ1) is 4.47. The van der Waals surface area contributed by atoms with Crippen molar-refractivity contribution in [1.29, 1.82) is 0 Å². The molecule has 2 aromatic heterocycles. The summed E-state index contributed by atoms with van der Waals surface area (Å²) in [5, 5.41) is 7.14. The van der Waals surface area contributed by atoms with Crippen LogP contribution in [0, 0.1) is 0 Å². The third-order valence-corrected chi connectivity index (χ3v) is 1.08. The van der Waals surface area contributed by atoms with Crippen LogP contribution in [-0.4, -0.2) is 10.4 Å². The highest BCUT2D eigenvalue weighted by molar-refractivity contribution is 5.23. The van der Waals surface area contributed by atoms with Gasteiger partial charge in [0.1, 0.15) is 6.20 Å². The Morgan fingerprint density at radius 2 is 2.44 bits per heavy atom. The molecule has 0 spiro atoms. The molecule has 0 N–H and O–H groups in total. The summed E-state index contributed by atoms with van der Waals surface area (Å²) in [6.45, 7) is 0. The number of fused-ring (bicyclic) bond motifs is 1. The van der Waals surface area contributed by atoms with Crippen LogP contribution in [0.4, 0.5) is 0 Å². The molecule has 0 unspecified atom stereocenters. The molecule has 0 saturated carbocycles. The van der Waals surface area contributed by atoms with E-state index in [0.717, 1.165) is 5.65 Å². The highest BCUT2D eigenvalue weighted by Gasteiger charge is 2.03. The fourth-order valence-electron chi connectivity index (χ4n) is 0.666. The van der Waals surface area contributed by atoms with E-state index >= 15 is 0 Å². The monoisotopic (exact) mass is 122 g/mol. The van der Waals surface area contributed by atoms with E-state index in [1.807, 2.05) is 18.2 Å². The number of aromatic nitrogens is 3. The van der Waals surface area contributed by atoms with E-state index in [2.05, 4.69) is 15.1 Å². The number of hydrogen-bond donors (Lipinski definition) is 0. The Morgan fingerprint density at radius 1 is 1.44 bits per heavy atom. The fourth-order valence-corrected chi connectivity index (χ4v) is 0.666. The lowest BCUT2D eigenvalue weighted by Crippen LogP contribution is -2.21. The first kappa shape index (κ1) is 4.43. The van der Waals surface area contributed by atoms with E-state index in [1.165, 1.54) is 0 Å². The maximum atomic E-state index is 4.43. The largest absolute Gasteiger partial charge is 0.400 e. The minimum atomic E-state index is 0.720. The van der Waals surface area contributed by atoms with E-state index in [1.54, 1.807) is 10.7 Å². The lowest BCUT2D eigenvalue weighted by Gasteiger charge is -1.70. The summed E-state index contributed by atoms with van der Waals surface area (Å²) in [4.78, 5) is 0. The van der Waals surface area contributed by atoms with Gasteiger partial charge in [0, 0.05) is 6.07 Å². The van der Waals surface area contributed by atoms with Gasteiger partial charge in [0.05, 0.1) is 0 Å². The van der Waals surface area contributed by atoms with Crippen molar-refractivity contribution < 1.29 is 9.14 Å². The molecule has 0 fully saturated rings. The zero-order valence-corrected chi connectivity index (χ0v) is 4.56. The summed E-state index contributed by atoms with van der Waals surface area (Å²) in [5.74, 6) is 0. The maximum absolute atomic E-state index is 4.43. The molecule has 0 aliphatic rings. The molecule has 0 aromatic carbocycles. The van der Waals surface area contributed by atoms with Crippen molar-refractivity contribution in [3.63, 3.8) is 0 Å². The number of nitrogens with zero attached hydrogens (tertiary/aromatic N) is 3. The third kappa shape index (κ3) is 0.561. The molecule has 0 aliphatic carbocycles. The van der Waals surface area contributed by atoms with Crippen LogP contribution < -0.4 is 4.52 Å². The van der Waals surface area contributed by atoms with Gasteiger partial charge in [0.25, 0.3) is 0 Å². The van der Waals surface area contributed by atoms with E-state index in [0.29, 0.717) is 0 Å². The highest BCUT2D eigenvalue weighted by atomic mass is 16.6. The van der Waals surface area contributed by atoms with Gasteiger partial charge in [-0.2, -0.15) is 0 Å². The molecule has 2 heterocycles. The first-order valence-electron chi connectivity index (χ1n) is 2.56. The van der Waals surface area contributed by atoms with E-state index in [4.69, 9.17) is 0 Å². The van der Waals surface area contributed by atoms with Gasteiger partial charge in [0.2, 0.25) is 0 Å². The number of rotatable bonds is 0. The van der Waals surface area contributed by atoms with Crippen molar-refractivity contribution in [2.24, 2.45) is 0 Å². The summed E-state index contributed by atoms with van der Waals surface area (Å²) in [6.07, 6.45) is 1.77. The van der Waals surface area contributed by atoms with Crippen molar-refractivity contribution in [3.8, 4) is 0 Å². The second kappa shape index (κ2) is 1.51. The van der Waals surface area contributed by atoms with Crippen LogP contribution in [0.3, 0.4) is 0 Å². The van der Waals surface area contributed by atoms with Gasteiger partial charge in [-0.15, -0.1) is 0 Å². The second-order valence-corrected chi connectivity index (χ2v) is 1.66. The minimum Gasteiger partial charge on any atom is -0.0971 e. The highest BCUT2D eigenvalue weighted by Crippen LogP contribution is 1.85. The number of hydrogen-bond acceptors (Lipinski definition) is 3. The van der Waals surface area contributed by atoms with Gasteiger partial charge < -0.3 is 0 Å². The molecule has 44 valence electrons. The van der Waals surface area contributed by atoms with Crippen molar-refractivity contribution in [2.75, 3.05) is 0 Å². The first-order valence-corrected chi connectivity index (χ1v) is 2.56. The second-order valence-electron chi connectivity index (χ2n) is 1.66. The fraction of sp³-hybridized carbons (Fsp3) is 0. The van der Waals surface area contributed by atoms with Crippen LogP contribution in [0.2, 0.25) is 0 Å². The predicted molar refractivity (Wildman–Crippen MR) is 27.5 cm³/mol. The molecule has 4 heteroatoms. The molecular weight excluding hydrogens is 118 g/mol. The van der Waals surface area contributed by atoms with Crippen LogP contribution in [0.15, 0.2) is 29.0 Å². The normalized spacial score (nSPS) is 10.2. The predicted octanol–water partition coefficient (Wildman–Crippen LogP) is -0.192. The molecule has 0 radical (unpaired) electrons. The molecule has 4 nitrogen and oxygen atoms in total. The van der Waals surface area contributed by atoms with Gasteiger partial charge >= 0.3 is 5.65 Å². The van der Waals surface area contributed by atoms with Crippen LogP contribution in [0.25, 0.3) is 5.65 Å². The average molecular weight is 122 g/mol. The Labute approximate surface area is 50.7 Å². The maximum Gasteiger partial charge on any atom is 0.400 e. The standard InChI is InChI=1S/C5H4N3O/c1-2-4-8-5(3-1)6-9-7-8/h1-4H/q+1. The minimum absolute atomic E-state index is 0.720. The van der Waals surface area contributed by atoms with Gasteiger partial charge in [-0.25, -0.2) is 0 Å². The molecule has 0 saturated heterocycles. The molecule has 0 amide bonds. The Kier molecular flexibility index (Phi) is 0.745. The summed E-state index contributed by atoms with van der Waals surface area (Å²) >= 11 is 0. The Balaban J connectivity index is 2.95. The van der Waals surface area contributed by atoms with Gasteiger partial charge in [-0.1, -0.05) is 15.2 Å². The van der Waals surface area contributed by atoms with Crippen LogP contribution in [-0.2, 0) is 0 Å². The van der Waals surface area contributed by atoms with Gasteiger partial charge in [0.15, 0.2) is 10.4 Å². The van der Waals surface area contributed by atoms with Gasteiger partial charge in [-0.05, 0) is 6.07 Å². The van der Waals surface area contributed by atoms with E-state index in [9.17, 15) is 0 Å². The zero-order chi connectivity index (χ0) is 6.10. The van der Waals surface area contributed by atoms with E-state index < -0.39 is 0 Å². The summed E-state index contributed by atoms with van der Waals surface area (Å²) in [6, 6.07) is 5.55. The van der Waals surface area contributed by atoms with Crippen molar-refractivity contribution >= 4 is 5.65 Å². The molecule has 0 aliphatic heterocycles. The Hall–Kier alpha value is -1.45. The summed E-state index contributed by atoms with van der Waals surface area (Å²) in [5.41, 5.74) is 0.720. The quantitative estimate of drug-likeness (QED) is 0.455. The summed E-state index contributed by atoms with van der Waals surface area (Å²) in [7, 11) is 0. The van der Waals surface area contributed by atoms with Crippen molar-refractivity contribution in [1.82, 2.24) is 10.4 Å². The Morgan fingerprint density at radius 3 is 3.33 bits per heavy atom. The lowest BCUT2D eigenvalue weighted by molar-refractivity contribution is -0.595. The molecule has 0 atom stereocenters. The average Bonchev–Trinajstić information content (AvgIpc) is 2.33. The lowest BCUT2D eigenvalue weighted by atomic mass is 10.5. The van der Waals surface area contributed by atoms with Crippen LogP contribution >= 0.6 is 0 Å². The van der Waals surface area contributed by atoms with Crippen molar-refractivity contribution in [3.05, 3.63) is 24.4 Å². The van der Waals surface area contributed by atoms with Crippen LogP contribution in [0.1, 0.15) is 0 Å². The zero-order valence-electron chi connectivity index (χ0n) is 4.56. The van der Waals surface area contributed by atoms with Crippen LogP contribution in [0.5, 0.6) is 0 Å². The molecule has 2 aromatic rings. The van der Waals surface area contributed by atoms with Gasteiger partial charge in [-0.3, -0.25) is 0 Å². The molecular formula is C5H4N3O+. The topological polar surface area (TPSA) is 43.0 Å². The van der Waals surface area contributed by atoms with Crippen molar-refractivity contribution in [2.45, 2.75) is 0 Å². The number of pyridine rings is 1.